The van der Waals surface area contributed by atoms with Crippen LogP contribution in [0.4, 0.5) is 0 Å². The van der Waals surface area contributed by atoms with Crippen molar-refractivity contribution in [3.63, 3.8) is 0 Å². The summed E-state index contributed by atoms with van der Waals surface area (Å²) in [4.78, 5) is 0. The molecule has 0 saturated heterocycles. The van der Waals surface area contributed by atoms with Gasteiger partial charge in [0, 0.05) is 12.7 Å². The van der Waals surface area contributed by atoms with E-state index in [4.69, 9.17) is 5.73 Å². The van der Waals surface area contributed by atoms with E-state index in [1.807, 2.05) is 10.7 Å². The van der Waals surface area contributed by atoms with Gasteiger partial charge in [-0.25, -0.2) is 0 Å². The van der Waals surface area contributed by atoms with E-state index in [1.165, 1.54) is 11.7 Å². The third kappa shape index (κ3) is 2.05. The Labute approximate surface area is 92.3 Å². The standard InChI is InChI=1S/C9H13N5S/c1-2-5-14-8(3-4-11-14)9(10)7-6-12-15-13-7/h3-4,6,9H,2,5,10H2,1H3. The maximum atomic E-state index is 6.08. The van der Waals surface area contributed by atoms with Crippen LogP contribution in [0.15, 0.2) is 18.5 Å². The summed E-state index contributed by atoms with van der Waals surface area (Å²) in [5.41, 5.74) is 7.87. The van der Waals surface area contributed by atoms with Crippen molar-refractivity contribution in [3.8, 4) is 0 Å². The van der Waals surface area contributed by atoms with E-state index in [9.17, 15) is 0 Å². The summed E-state index contributed by atoms with van der Waals surface area (Å²) in [5, 5.41) is 4.23. The molecule has 6 heteroatoms. The van der Waals surface area contributed by atoms with Crippen LogP contribution in [0.3, 0.4) is 0 Å². The number of nitrogens with zero attached hydrogens (tertiary/aromatic N) is 4. The second kappa shape index (κ2) is 4.50. The van der Waals surface area contributed by atoms with Gasteiger partial charge in [-0.2, -0.15) is 13.8 Å². The minimum atomic E-state index is -0.224. The first-order chi connectivity index (χ1) is 7.33. The van der Waals surface area contributed by atoms with Crippen LogP contribution in [0.25, 0.3) is 0 Å². The first-order valence-corrected chi connectivity index (χ1v) is 5.60. The van der Waals surface area contributed by atoms with E-state index in [2.05, 4.69) is 20.8 Å². The van der Waals surface area contributed by atoms with Crippen LogP contribution in [0.5, 0.6) is 0 Å². The molecule has 0 saturated carbocycles. The zero-order valence-electron chi connectivity index (χ0n) is 8.50. The molecule has 80 valence electrons. The minimum absolute atomic E-state index is 0.224. The van der Waals surface area contributed by atoms with Crippen molar-refractivity contribution in [2.75, 3.05) is 0 Å². The Balaban J connectivity index is 2.25. The van der Waals surface area contributed by atoms with Gasteiger partial charge in [-0.15, -0.1) is 0 Å². The topological polar surface area (TPSA) is 69.6 Å². The van der Waals surface area contributed by atoms with Gasteiger partial charge < -0.3 is 5.73 Å². The van der Waals surface area contributed by atoms with Gasteiger partial charge in [-0.3, -0.25) is 4.68 Å². The number of hydrogen-bond donors (Lipinski definition) is 1. The predicted molar refractivity (Wildman–Crippen MR) is 58.5 cm³/mol. The Morgan fingerprint density at radius 1 is 1.60 bits per heavy atom. The van der Waals surface area contributed by atoms with Gasteiger partial charge >= 0.3 is 0 Å². The van der Waals surface area contributed by atoms with E-state index in [-0.39, 0.29) is 6.04 Å². The van der Waals surface area contributed by atoms with Crippen molar-refractivity contribution < 1.29 is 0 Å². The van der Waals surface area contributed by atoms with Crippen LogP contribution < -0.4 is 5.73 Å². The molecule has 0 fully saturated rings. The minimum Gasteiger partial charge on any atom is -0.318 e. The zero-order valence-corrected chi connectivity index (χ0v) is 9.31. The van der Waals surface area contributed by atoms with Gasteiger partial charge in [0.15, 0.2) is 0 Å². The molecule has 1 unspecified atom stereocenters. The van der Waals surface area contributed by atoms with Crippen molar-refractivity contribution in [2.24, 2.45) is 5.73 Å². The molecule has 0 spiro atoms. The predicted octanol–water partition coefficient (Wildman–Crippen LogP) is 1.19. The molecule has 0 amide bonds. The van der Waals surface area contributed by atoms with Crippen molar-refractivity contribution >= 4 is 11.7 Å². The molecule has 2 rings (SSSR count). The molecule has 0 aliphatic heterocycles. The highest BCUT2D eigenvalue weighted by Gasteiger charge is 2.15. The van der Waals surface area contributed by atoms with E-state index in [0.717, 1.165) is 24.4 Å². The lowest BCUT2D eigenvalue weighted by molar-refractivity contribution is 0.557. The molecule has 2 aromatic heterocycles. The largest absolute Gasteiger partial charge is 0.318 e. The lowest BCUT2D eigenvalue weighted by atomic mass is 10.1. The van der Waals surface area contributed by atoms with Gasteiger partial charge in [0.1, 0.15) is 0 Å². The van der Waals surface area contributed by atoms with E-state index in [0.29, 0.717) is 0 Å². The van der Waals surface area contributed by atoms with Crippen molar-refractivity contribution in [1.29, 1.82) is 0 Å². The fourth-order valence-corrected chi connectivity index (χ4v) is 1.92. The smallest absolute Gasteiger partial charge is 0.0971 e. The highest BCUT2D eigenvalue weighted by Crippen LogP contribution is 2.17. The van der Waals surface area contributed by atoms with E-state index >= 15 is 0 Å². The van der Waals surface area contributed by atoms with Crippen LogP contribution >= 0.6 is 11.7 Å². The maximum Gasteiger partial charge on any atom is 0.0971 e. The average molecular weight is 223 g/mol. The molecule has 2 heterocycles. The Morgan fingerprint density at radius 2 is 2.47 bits per heavy atom. The molecule has 0 aliphatic carbocycles. The fraction of sp³-hybridized carbons (Fsp3) is 0.444. The molecule has 2 aromatic rings. The number of hydrogen-bond acceptors (Lipinski definition) is 5. The van der Waals surface area contributed by atoms with E-state index < -0.39 is 0 Å². The SMILES string of the molecule is CCCn1nccc1C(N)c1cnsn1. The van der Waals surface area contributed by atoms with Crippen LogP contribution in [0, 0.1) is 0 Å². The third-order valence-corrected chi connectivity index (χ3v) is 2.69. The highest BCUT2D eigenvalue weighted by atomic mass is 32.1. The Hall–Kier alpha value is -1.27. The Kier molecular flexibility index (Phi) is 3.08. The second-order valence-corrected chi connectivity index (χ2v) is 3.85. The summed E-state index contributed by atoms with van der Waals surface area (Å²) in [7, 11) is 0. The van der Waals surface area contributed by atoms with Crippen LogP contribution in [-0.2, 0) is 6.54 Å². The van der Waals surface area contributed by atoms with Crippen LogP contribution in [0.1, 0.15) is 30.8 Å². The van der Waals surface area contributed by atoms with E-state index in [1.54, 1.807) is 12.4 Å². The summed E-state index contributed by atoms with van der Waals surface area (Å²) < 4.78 is 10.0. The molecule has 0 radical (unpaired) electrons. The normalized spacial score (nSPS) is 12.9. The summed E-state index contributed by atoms with van der Waals surface area (Å²) in [6, 6.07) is 1.71. The summed E-state index contributed by atoms with van der Waals surface area (Å²) in [6.07, 6.45) is 4.51. The van der Waals surface area contributed by atoms with Gasteiger partial charge in [-0.1, -0.05) is 6.92 Å². The molecule has 0 bridgehead atoms. The highest BCUT2D eigenvalue weighted by molar-refractivity contribution is 6.99. The van der Waals surface area contributed by atoms with Gasteiger partial charge in [0.2, 0.25) is 0 Å². The lowest BCUT2D eigenvalue weighted by Gasteiger charge is -2.10. The van der Waals surface area contributed by atoms with Crippen LogP contribution in [0.2, 0.25) is 0 Å². The molecular formula is C9H13N5S. The van der Waals surface area contributed by atoms with Gasteiger partial charge in [-0.05, 0) is 12.5 Å². The quantitative estimate of drug-likeness (QED) is 0.845. The van der Waals surface area contributed by atoms with Crippen molar-refractivity contribution in [1.82, 2.24) is 18.5 Å². The van der Waals surface area contributed by atoms with Crippen molar-refractivity contribution in [3.05, 3.63) is 29.8 Å². The number of rotatable bonds is 4. The Bertz CT molecular complexity index is 408. The van der Waals surface area contributed by atoms with Gasteiger partial charge in [0.05, 0.1) is 35.4 Å². The monoisotopic (exact) mass is 223 g/mol. The molecule has 5 nitrogen and oxygen atoms in total. The lowest BCUT2D eigenvalue weighted by Crippen LogP contribution is -2.17. The Morgan fingerprint density at radius 3 is 3.13 bits per heavy atom. The molecule has 15 heavy (non-hydrogen) atoms. The summed E-state index contributed by atoms with van der Waals surface area (Å²) in [6.45, 7) is 3.00. The molecule has 0 aliphatic rings. The first-order valence-electron chi connectivity index (χ1n) is 4.87. The molecule has 1 atom stereocenters. The average Bonchev–Trinajstić information content (AvgIpc) is 2.87. The zero-order chi connectivity index (χ0) is 10.7. The molecule has 0 aromatic carbocycles. The van der Waals surface area contributed by atoms with Gasteiger partial charge in [0.25, 0.3) is 0 Å². The van der Waals surface area contributed by atoms with Crippen LogP contribution in [-0.4, -0.2) is 18.5 Å². The van der Waals surface area contributed by atoms with Crippen molar-refractivity contribution in [2.45, 2.75) is 25.9 Å². The second-order valence-electron chi connectivity index (χ2n) is 3.29. The third-order valence-electron chi connectivity index (χ3n) is 2.20. The summed E-state index contributed by atoms with van der Waals surface area (Å²) in [5.74, 6) is 0. The first kappa shape index (κ1) is 10.3. The summed E-state index contributed by atoms with van der Waals surface area (Å²) >= 11 is 1.17. The molecule has 2 N–H and O–H groups in total. The number of aromatic nitrogens is 4. The maximum absolute atomic E-state index is 6.08. The fourth-order valence-electron chi connectivity index (χ4n) is 1.47. The number of aryl methyl sites for hydroxylation is 1. The number of nitrogens with two attached hydrogens (primary N) is 1. The molecular weight excluding hydrogens is 210 g/mol.